The molecule has 1 aliphatic rings. The number of anilines is 1. The molecule has 3 N–H and O–H groups in total. The van der Waals surface area contributed by atoms with Crippen LogP contribution in [-0.4, -0.2) is 24.1 Å². The number of methoxy groups -OCH3 is 1. The van der Waals surface area contributed by atoms with Gasteiger partial charge in [-0.05, 0) is 56.5 Å². The van der Waals surface area contributed by atoms with Gasteiger partial charge in [0.1, 0.15) is 10.8 Å². The number of amides is 1. The van der Waals surface area contributed by atoms with E-state index in [4.69, 9.17) is 21.4 Å². The largest absolute Gasteiger partial charge is 0.469 e. The summed E-state index contributed by atoms with van der Waals surface area (Å²) in [7, 11) is 1.36. The monoisotopic (exact) mass is 393 g/mol. The Labute approximate surface area is 160 Å². The van der Waals surface area contributed by atoms with Crippen molar-refractivity contribution in [2.75, 3.05) is 12.4 Å². The molecule has 0 bridgehead atoms. The second-order valence-corrected chi connectivity index (χ2v) is 7.34. The Morgan fingerprint density at radius 3 is 2.73 bits per heavy atom. The predicted molar refractivity (Wildman–Crippen MR) is 103 cm³/mol. The van der Waals surface area contributed by atoms with E-state index in [0.29, 0.717) is 21.9 Å². The van der Waals surface area contributed by atoms with Gasteiger partial charge in [0.05, 0.1) is 24.5 Å². The summed E-state index contributed by atoms with van der Waals surface area (Å²) in [4.78, 5) is 25.5. The van der Waals surface area contributed by atoms with Crippen LogP contribution in [0.4, 0.5) is 5.00 Å². The molecule has 2 heterocycles. The second kappa shape index (κ2) is 7.88. The lowest BCUT2D eigenvalue weighted by Gasteiger charge is -2.13. The van der Waals surface area contributed by atoms with Gasteiger partial charge in [-0.3, -0.25) is 15.6 Å². The summed E-state index contributed by atoms with van der Waals surface area (Å²) in [5.41, 5.74) is 7.14. The Morgan fingerprint density at radius 2 is 2.04 bits per heavy atom. The number of thiophene rings is 1. The lowest BCUT2D eigenvalue weighted by atomic mass is 9.95. The number of rotatable bonds is 3. The summed E-state index contributed by atoms with van der Waals surface area (Å²) < 4.78 is 10.0. The number of aryl methyl sites for hydroxylation is 2. The summed E-state index contributed by atoms with van der Waals surface area (Å²) in [6, 6.07) is 1.57. The molecule has 0 saturated carbocycles. The molecular formula is C17H19N3O4S2. The standard InChI is InChI=1S/C17H19N3O4S2/c1-9-10(7-8-24-9)14(21)19-20-17(25)18-15-13(16(22)23-2)11-5-3-4-6-12(11)26-15/h7-8H,3-6H2,1-2H3,(H,19,21)(H2,18,20,25). The fourth-order valence-corrected chi connectivity index (χ4v) is 4.41. The highest BCUT2D eigenvalue weighted by atomic mass is 32.1. The fraction of sp³-hybridized carbons (Fsp3) is 0.353. The number of ether oxygens (including phenoxy) is 1. The van der Waals surface area contributed by atoms with Crippen LogP contribution in [0, 0.1) is 6.92 Å². The molecule has 0 spiro atoms. The van der Waals surface area contributed by atoms with Crippen molar-refractivity contribution in [3.8, 4) is 0 Å². The van der Waals surface area contributed by atoms with Crippen LogP contribution >= 0.6 is 23.6 Å². The van der Waals surface area contributed by atoms with Gasteiger partial charge in [0.25, 0.3) is 5.91 Å². The second-order valence-electron chi connectivity index (χ2n) is 5.83. The van der Waals surface area contributed by atoms with Crippen molar-refractivity contribution in [2.24, 2.45) is 0 Å². The Balaban J connectivity index is 1.69. The van der Waals surface area contributed by atoms with E-state index in [1.165, 1.54) is 29.6 Å². The maximum atomic E-state index is 12.2. The van der Waals surface area contributed by atoms with E-state index < -0.39 is 0 Å². The Kier molecular flexibility index (Phi) is 5.58. The average molecular weight is 393 g/mol. The number of furan rings is 1. The lowest BCUT2D eigenvalue weighted by molar-refractivity contribution is 0.0600. The highest BCUT2D eigenvalue weighted by Gasteiger charge is 2.26. The minimum absolute atomic E-state index is 0.184. The van der Waals surface area contributed by atoms with Crippen LogP contribution in [0.3, 0.4) is 0 Å². The summed E-state index contributed by atoms with van der Waals surface area (Å²) in [5, 5.41) is 3.82. The number of thiocarbonyl (C=S) groups is 1. The molecule has 0 radical (unpaired) electrons. The number of hydrogen-bond donors (Lipinski definition) is 3. The molecule has 1 aliphatic carbocycles. The number of nitrogens with one attached hydrogen (secondary N) is 3. The third-order valence-corrected chi connectivity index (χ3v) is 5.59. The fourth-order valence-electron chi connectivity index (χ4n) is 2.91. The first-order valence-corrected chi connectivity index (χ1v) is 9.38. The number of esters is 1. The Bertz CT molecular complexity index is 856. The molecule has 0 aromatic carbocycles. The van der Waals surface area contributed by atoms with Gasteiger partial charge >= 0.3 is 5.97 Å². The molecule has 2 aromatic rings. The van der Waals surface area contributed by atoms with Gasteiger partial charge in [-0.1, -0.05) is 0 Å². The maximum absolute atomic E-state index is 12.2. The normalized spacial score (nSPS) is 12.8. The molecule has 0 saturated heterocycles. The quantitative estimate of drug-likeness (QED) is 0.419. The third kappa shape index (κ3) is 3.73. The van der Waals surface area contributed by atoms with E-state index in [1.807, 2.05) is 0 Å². The number of carbonyl (C=O) groups excluding carboxylic acids is 2. The minimum atomic E-state index is -0.382. The SMILES string of the molecule is COC(=O)c1c(NC(=S)NNC(=O)c2ccoc2C)sc2c1CCCC2. The van der Waals surface area contributed by atoms with Crippen LogP contribution < -0.4 is 16.2 Å². The summed E-state index contributed by atoms with van der Waals surface area (Å²) in [6.07, 6.45) is 5.41. The Hall–Kier alpha value is -2.39. The van der Waals surface area contributed by atoms with Gasteiger partial charge in [0, 0.05) is 4.88 Å². The maximum Gasteiger partial charge on any atom is 0.341 e. The number of hydrazine groups is 1. The highest BCUT2D eigenvalue weighted by Crippen LogP contribution is 2.38. The average Bonchev–Trinajstić information content (AvgIpc) is 3.22. The molecule has 9 heteroatoms. The molecule has 7 nitrogen and oxygen atoms in total. The van der Waals surface area contributed by atoms with Crippen LogP contribution in [-0.2, 0) is 17.6 Å². The molecule has 0 aliphatic heterocycles. The van der Waals surface area contributed by atoms with Gasteiger partial charge in [-0.15, -0.1) is 11.3 Å². The van der Waals surface area contributed by atoms with Crippen LogP contribution in [0.2, 0.25) is 0 Å². The smallest absolute Gasteiger partial charge is 0.341 e. The zero-order chi connectivity index (χ0) is 18.7. The van der Waals surface area contributed by atoms with Gasteiger partial charge in [-0.25, -0.2) is 4.79 Å². The summed E-state index contributed by atoms with van der Waals surface area (Å²) in [6.45, 7) is 1.70. The molecule has 2 aromatic heterocycles. The summed E-state index contributed by atoms with van der Waals surface area (Å²) in [5.74, 6) is -0.228. The van der Waals surface area contributed by atoms with E-state index in [0.717, 1.165) is 31.2 Å². The Morgan fingerprint density at radius 1 is 1.27 bits per heavy atom. The number of carbonyl (C=O) groups is 2. The van der Waals surface area contributed by atoms with Crippen molar-refractivity contribution >= 4 is 45.5 Å². The molecule has 0 unspecified atom stereocenters. The highest BCUT2D eigenvalue weighted by molar-refractivity contribution is 7.80. The molecule has 138 valence electrons. The zero-order valence-electron chi connectivity index (χ0n) is 14.4. The van der Waals surface area contributed by atoms with E-state index in [9.17, 15) is 9.59 Å². The van der Waals surface area contributed by atoms with Crippen molar-refractivity contribution in [1.82, 2.24) is 10.9 Å². The molecule has 1 amide bonds. The first-order chi connectivity index (χ1) is 12.5. The van der Waals surface area contributed by atoms with E-state index in [-0.39, 0.29) is 17.0 Å². The van der Waals surface area contributed by atoms with E-state index in [1.54, 1.807) is 13.0 Å². The molecule has 3 rings (SSSR count). The molecule has 0 fully saturated rings. The van der Waals surface area contributed by atoms with Gasteiger partial charge in [0.15, 0.2) is 5.11 Å². The van der Waals surface area contributed by atoms with Crippen molar-refractivity contribution < 1.29 is 18.7 Å². The van der Waals surface area contributed by atoms with Crippen LogP contribution in [0.15, 0.2) is 16.7 Å². The summed E-state index contributed by atoms with van der Waals surface area (Å²) >= 11 is 6.74. The lowest BCUT2D eigenvalue weighted by Crippen LogP contribution is -2.43. The van der Waals surface area contributed by atoms with Gasteiger partial charge in [0.2, 0.25) is 0 Å². The van der Waals surface area contributed by atoms with Crippen LogP contribution in [0.5, 0.6) is 0 Å². The van der Waals surface area contributed by atoms with Gasteiger partial charge in [-0.2, -0.15) is 0 Å². The van der Waals surface area contributed by atoms with Crippen LogP contribution in [0.1, 0.15) is 49.8 Å². The zero-order valence-corrected chi connectivity index (χ0v) is 16.1. The van der Waals surface area contributed by atoms with Crippen LogP contribution in [0.25, 0.3) is 0 Å². The van der Waals surface area contributed by atoms with E-state index >= 15 is 0 Å². The topological polar surface area (TPSA) is 92.6 Å². The van der Waals surface area contributed by atoms with Gasteiger partial charge < -0.3 is 14.5 Å². The molecule has 26 heavy (non-hydrogen) atoms. The van der Waals surface area contributed by atoms with Crippen molar-refractivity contribution in [2.45, 2.75) is 32.6 Å². The first-order valence-electron chi connectivity index (χ1n) is 8.15. The van der Waals surface area contributed by atoms with E-state index in [2.05, 4.69) is 16.2 Å². The molecular weight excluding hydrogens is 374 g/mol. The van der Waals surface area contributed by atoms with Crippen molar-refractivity contribution in [3.05, 3.63) is 39.7 Å². The molecule has 0 atom stereocenters. The van der Waals surface area contributed by atoms with Crippen molar-refractivity contribution in [1.29, 1.82) is 0 Å². The number of fused-ring (bicyclic) bond motifs is 1. The number of hydrogen-bond acceptors (Lipinski definition) is 6. The minimum Gasteiger partial charge on any atom is -0.469 e. The predicted octanol–water partition coefficient (Wildman–Crippen LogP) is 2.95. The van der Waals surface area contributed by atoms with Crippen molar-refractivity contribution in [3.63, 3.8) is 0 Å². The first kappa shape index (κ1) is 18.4. The third-order valence-electron chi connectivity index (χ3n) is 4.18.